The zero-order chi connectivity index (χ0) is 18.2. The van der Waals surface area contributed by atoms with Crippen LogP contribution in [0.15, 0.2) is 36.4 Å². The van der Waals surface area contributed by atoms with Crippen LogP contribution in [0.25, 0.3) is 0 Å². The van der Waals surface area contributed by atoms with Gasteiger partial charge in [0.25, 0.3) is 0 Å². The van der Waals surface area contributed by atoms with Gasteiger partial charge in [0, 0.05) is 5.56 Å². The Balaban J connectivity index is 2.08. The van der Waals surface area contributed by atoms with Crippen molar-refractivity contribution in [1.29, 1.82) is 0 Å². The van der Waals surface area contributed by atoms with Crippen molar-refractivity contribution in [3.63, 3.8) is 0 Å². The Morgan fingerprint density at radius 3 is 2.56 bits per heavy atom. The Labute approximate surface area is 154 Å². The highest BCUT2D eigenvalue weighted by molar-refractivity contribution is 6.31. The van der Waals surface area contributed by atoms with Crippen molar-refractivity contribution >= 4 is 11.6 Å². The largest absolute Gasteiger partial charge is 0.490 e. The molecule has 5 heteroatoms. The first kappa shape index (κ1) is 19.5. The molecule has 2 rings (SSSR count). The molecular weight excluding hydrogens is 341 g/mol. The lowest BCUT2D eigenvalue weighted by Gasteiger charge is -2.15. The topological polar surface area (TPSA) is 21.7 Å². The molecule has 0 saturated carbocycles. The van der Waals surface area contributed by atoms with Gasteiger partial charge in [0.15, 0.2) is 11.5 Å². The van der Waals surface area contributed by atoms with Gasteiger partial charge in [-0.15, -0.1) is 0 Å². The van der Waals surface area contributed by atoms with E-state index >= 15 is 0 Å². The van der Waals surface area contributed by atoms with Gasteiger partial charge in [0.2, 0.25) is 0 Å². The summed E-state index contributed by atoms with van der Waals surface area (Å²) in [6.45, 7) is 3.56. The van der Waals surface area contributed by atoms with Crippen LogP contribution in [-0.2, 0) is 13.0 Å². The Morgan fingerprint density at radius 1 is 1.08 bits per heavy atom. The lowest BCUT2D eigenvalue weighted by Crippen LogP contribution is -2.13. The van der Waals surface area contributed by atoms with Crippen LogP contribution in [0.3, 0.4) is 0 Å². The lowest BCUT2D eigenvalue weighted by molar-refractivity contribution is 0.265. The van der Waals surface area contributed by atoms with E-state index in [-0.39, 0.29) is 12.4 Å². The maximum absolute atomic E-state index is 13.9. The Bertz CT molecular complexity index is 671. The number of aryl methyl sites for hydroxylation is 1. The highest BCUT2D eigenvalue weighted by Gasteiger charge is 2.11. The summed E-state index contributed by atoms with van der Waals surface area (Å²) < 4.78 is 25.3. The van der Waals surface area contributed by atoms with Gasteiger partial charge < -0.3 is 14.4 Å². The predicted octanol–water partition coefficient (Wildman–Crippen LogP) is 4.95. The molecule has 0 spiro atoms. The quantitative estimate of drug-likeness (QED) is 0.627. The molecule has 0 saturated heterocycles. The summed E-state index contributed by atoms with van der Waals surface area (Å²) in [6.07, 6.45) is 2.04. The van der Waals surface area contributed by atoms with Crippen molar-refractivity contribution < 1.29 is 13.9 Å². The van der Waals surface area contributed by atoms with Crippen LogP contribution >= 0.6 is 11.6 Å². The molecule has 0 aromatic heterocycles. The van der Waals surface area contributed by atoms with Crippen LogP contribution in [0.1, 0.15) is 24.5 Å². The number of hydrogen-bond acceptors (Lipinski definition) is 3. The van der Waals surface area contributed by atoms with E-state index in [4.69, 9.17) is 21.1 Å². The molecule has 2 aromatic rings. The molecular formula is C20H25ClFNO2. The number of hydrogen-bond donors (Lipinski definition) is 0. The zero-order valence-corrected chi connectivity index (χ0v) is 15.8. The fourth-order valence-corrected chi connectivity index (χ4v) is 2.73. The van der Waals surface area contributed by atoms with E-state index in [1.807, 2.05) is 25.1 Å². The summed E-state index contributed by atoms with van der Waals surface area (Å²) in [7, 11) is 4.13. The van der Waals surface area contributed by atoms with Gasteiger partial charge in [0.05, 0.1) is 11.6 Å². The minimum Gasteiger partial charge on any atom is -0.490 e. The molecule has 0 fully saturated rings. The first-order valence-electron chi connectivity index (χ1n) is 8.47. The molecule has 3 nitrogen and oxygen atoms in total. The van der Waals surface area contributed by atoms with Gasteiger partial charge in [-0.3, -0.25) is 0 Å². The molecule has 0 bridgehead atoms. The smallest absolute Gasteiger partial charge is 0.161 e. The molecule has 0 radical (unpaired) electrons. The summed E-state index contributed by atoms with van der Waals surface area (Å²) in [4.78, 5) is 2.17. The molecule has 0 amide bonds. The van der Waals surface area contributed by atoms with Gasteiger partial charge in [-0.1, -0.05) is 23.7 Å². The van der Waals surface area contributed by atoms with Gasteiger partial charge in [-0.25, -0.2) is 4.39 Å². The molecule has 25 heavy (non-hydrogen) atoms. The summed E-state index contributed by atoms with van der Waals surface area (Å²) >= 11 is 6.05. The van der Waals surface area contributed by atoms with Crippen LogP contribution in [0.2, 0.25) is 5.02 Å². The van der Waals surface area contributed by atoms with E-state index in [1.54, 1.807) is 12.1 Å². The molecule has 0 heterocycles. The summed E-state index contributed by atoms with van der Waals surface area (Å²) in [5.41, 5.74) is 1.54. The van der Waals surface area contributed by atoms with E-state index in [0.29, 0.717) is 28.7 Å². The summed E-state index contributed by atoms with van der Waals surface area (Å²) in [5.74, 6) is 0.903. The van der Waals surface area contributed by atoms with E-state index < -0.39 is 0 Å². The number of ether oxygens (including phenoxy) is 2. The van der Waals surface area contributed by atoms with Gasteiger partial charge >= 0.3 is 0 Å². The number of benzene rings is 2. The summed E-state index contributed by atoms with van der Waals surface area (Å²) in [6, 6.07) is 10.5. The van der Waals surface area contributed by atoms with Gasteiger partial charge in [0.1, 0.15) is 12.4 Å². The molecule has 2 aromatic carbocycles. The van der Waals surface area contributed by atoms with Crippen LogP contribution in [0.4, 0.5) is 4.39 Å². The Morgan fingerprint density at radius 2 is 1.88 bits per heavy atom. The molecule has 0 aliphatic rings. The Kier molecular flexibility index (Phi) is 7.53. The molecule has 0 atom stereocenters. The third-order valence-electron chi connectivity index (χ3n) is 3.81. The van der Waals surface area contributed by atoms with Crippen molar-refractivity contribution in [2.24, 2.45) is 0 Å². The van der Waals surface area contributed by atoms with E-state index in [9.17, 15) is 4.39 Å². The Hall–Kier alpha value is -1.78. The molecule has 0 unspecified atom stereocenters. The van der Waals surface area contributed by atoms with Crippen molar-refractivity contribution in [1.82, 2.24) is 4.90 Å². The van der Waals surface area contributed by atoms with Crippen molar-refractivity contribution in [3.05, 3.63) is 58.4 Å². The molecule has 0 aliphatic carbocycles. The highest BCUT2D eigenvalue weighted by atomic mass is 35.5. The van der Waals surface area contributed by atoms with Crippen molar-refractivity contribution in [2.45, 2.75) is 26.4 Å². The second-order valence-corrected chi connectivity index (χ2v) is 6.52. The van der Waals surface area contributed by atoms with Gasteiger partial charge in [-0.05, 0) is 70.2 Å². The van der Waals surface area contributed by atoms with Gasteiger partial charge in [-0.2, -0.15) is 0 Å². The average Bonchev–Trinajstić information content (AvgIpc) is 2.56. The number of halogens is 2. The number of rotatable bonds is 9. The maximum Gasteiger partial charge on any atom is 0.161 e. The van der Waals surface area contributed by atoms with E-state index in [0.717, 1.165) is 19.4 Å². The fourth-order valence-electron chi connectivity index (χ4n) is 2.52. The SMILES string of the molecule is CCOc1cc(CCCN(C)C)ccc1OCc1c(F)cccc1Cl. The minimum absolute atomic E-state index is 0.0611. The predicted molar refractivity (Wildman–Crippen MR) is 100 cm³/mol. The summed E-state index contributed by atoms with van der Waals surface area (Å²) in [5, 5.41) is 0.360. The van der Waals surface area contributed by atoms with E-state index in [2.05, 4.69) is 19.0 Å². The molecule has 0 N–H and O–H groups in total. The van der Waals surface area contributed by atoms with Crippen LogP contribution in [-0.4, -0.2) is 32.1 Å². The second kappa shape index (κ2) is 9.64. The third kappa shape index (κ3) is 5.91. The normalized spacial score (nSPS) is 11.0. The van der Waals surface area contributed by atoms with Crippen molar-refractivity contribution in [3.8, 4) is 11.5 Å². The standard InChI is InChI=1S/C20H25ClFNO2/c1-4-24-20-13-15(7-6-12-23(2)3)10-11-19(20)25-14-16-17(21)8-5-9-18(16)22/h5,8-11,13H,4,6-7,12,14H2,1-3H3. The van der Waals surface area contributed by atoms with Crippen LogP contribution < -0.4 is 9.47 Å². The van der Waals surface area contributed by atoms with Crippen LogP contribution in [0.5, 0.6) is 11.5 Å². The number of nitrogens with zero attached hydrogens (tertiary/aromatic N) is 1. The zero-order valence-electron chi connectivity index (χ0n) is 15.0. The average molecular weight is 366 g/mol. The molecule has 0 aliphatic heterocycles. The monoisotopic (exact) mass is 365 g/mol. The van der Waals surface area contributed by atoms with Crippen LogP contribution in [0, 0.1) is 5.82 Å². The van der Waals surface area contributed by atoms with Crippen molar-refractivity contribution in [2.75, 3.05) is 27.2 Å². The lowest BCUT2D eigenvalue weighted by atomic mass is 10.1. The second-order valence-electron chi connectivity index (χ2n) is 6.11. The fraction of sp³-hybridized carbons (Fsp3) is 0.400. The highest BCUT2D eigenvalue weighted by Crippen LogP contribution is 2.31. The van der Waals surface area contributed by atoms with E-state index in [1.165, 1.54) is 11.6 Å². The maximum atomic E-state index is 13.9. The first-order chi connectivity index (χ1) is 12.0. The first-order valence-corrected chi connectivity index (χ1v) is 8.85. The third-order valence-corrected chi connectivity index (χ3v) is 4.17. The molecule has 136 valence electrons. The minimum atomic E-state index is -0.370.